The first-order chi connectivity index (χ1) is 21.6. The Balaban J connectivity index is 1.55. The maximum Gasteiger partial charge on any atom is 0.249 e. The summed E-state index contributed by atoms with van der Waals surface area (Å²) in [7, 11) is 0. The van der Waals surface area contributed by atoms with Crippen LogP contribution in [0, 0.1) is 19.3 Å². The molecule has 4 aromatic rings. The van der Waals surface area contributed by atoms with Gasteiger partial charge in [-0.05, 0) is 61.1 Å². The first-order valence-electron chi connectivity index (χ1n) is 14.7. The van der Waals surface area contributed by atoms with Crippen molar-refractivity contribution in [1.82, 2.24) is 36.1 Å². The van der Waals surface area contributed by atoms with E-state index in [2.05, 4.69) is 36.1 Å². The van der Waals surface area contributed by atoms with Crippen LogP contribution in [0.4, 0.5) is 0 Å². The van der Waals surface area contributed by atoms with E-state index in [0.717, 1.165) is 22.3 Å². The highest BCUT2D eigenvalue weighted by Crippen LogP contribution is 2.23. The molecule has 10 N–H and O–H groups in total. The third-order valence-electron chi connectivity index (χ3n) is 7.34. The van der Waals surface area contributed by atoms with Gasteiger partial charge in [-0.2, -0.15) is 4.98 Å². The van der Waals surface area contributed by atoms with Gasteiger partial charge in [-0.25, -0.2) is 4.98 Å². The number of aryl methyl sites for hydroxylation is 2. The van der Waals surface area contributed by atoms with E-state index >= 15 is 0 Å². The monoisotopic (exact) mass is 616 g/mol. The fraction of sp³-hybridized carbons (Fsp3) is 0.355. The van der Waals surface area contributed by atoms with E-state index in [9.17, 15) is 14.7 Å². The standard InChI is InChI=1S/C31H40N10O4/c1-18-11-22(42)12-19(2)23(18)15-25(38-28(43)24(32)9-6-10-36-31(33)34)29(44)39-26(14-21-16-35-17-37-21)30-40-27(41-45-30)13-20-7-4-3-5-8-20/h3-5,7-8,11-12,16-17,24-26,42H,6,9-10,13-15,32H2,1-2H3,(H,35,37)(H,38,43)(H,39,44)(H4,33,34,36). The Labute approximate surface area is 260 Å². The fourth-order valence-corrected chi connectivity index (χ4v) is 5.00. The summed E-state index contributed by atoms with van der Waals surface area (Å²) >= 11 is 0. The Bertz CT molecular complexity index is 1550. The number of hydrogen-bond acceptors (Lipinski definition) is 9. The second-order valence-electron chi connectivity index (χ2n) is 10.9. The summed E-state index contributed by atoms with van der Waals surface area (Å²) in [4.78, 5) is 38.9. The lowest BCUT2D eigenvalue weighted by molar-refractivity contribution is -0.130. The fourth-order valence-electron chi connectivity index (χ4n) is 5.00. The Morgan fingerprint density at radius 2 is 1.82 bits per heavy atom. The molecule has 0 aliphatic carbocycles. The molecule has 45 heavy (non-hydrogen) atoms. The van der Waals surface area contributed by atoms with Crippen molar-refractivity contribution in [3.8, 4) is 5.75 Å². The molecule has 2 aromatic carbocycles. The number of benzene rings is 2. The van der Waals surface area contributed by atoms with Crippen LogP contribution in [-0.2, 0) is 28.9 Å². The molecular weight excluding hydrogens is 576 g/mol. The number of carbonyl (C=O) groups excluding carboxylic acids is 2. The summed E-state index contributed by atoms with van der Waals surface area (Å²) in [6, 6.07) is 10.3. The molecule has 0 fully saturated rings. The third kappa shape index (κ3) is 9.63. The first-order valence-corrected chi connectivity index (χ1v) is 14.7. The van der Waals surface area contributed by atoms with E-state index in [0.29, 0.717) is 37.3 Å². The number of hydrogen-bond donors (Lipinski definition) is 8. The first kappa shape index (κ1) is 32.7. The highest BCUT2D eigenvalue weighted by atomic mass is 16.5. The number of rotatable bonds is 15. The van der Waals surface area contributed by atoms with E-state index in [1.54, 1.807) is 18.3 Å². The molecule has 2 aromatic heterocycles. The SMILES string of the molecule is Cc1cc(O)cc(C)c1CC(NC(=O)C(N)CCCNC(=N)N)C(=O)NC(Cc1c[nH]cn1)c1nc(Cc2ccccc2)no1. The summed E-state index contributed by atoms with van der Waals surface area (Å²) in [5.74, 6) is -0.372. The van der Waals surface area contributed by atoms with Crippen molar-refractivity contribution >= 4 is 17.8 Å². The van der Waals surface area contributed by atoms with E-state index in [4.69, 9.17) is 21.4 Å². The van der Waals surface area contributed by atoms with Crippen LogP contribution in [0.5, 0.6) is 5.75 Å². The lowest BCUT2D eigenvalue weighted by Gasteiger charge is -2.24. The average molecular weight is 617 g/mol. The molecule has 0 aliphatic heterocycles. The van der Waals surface area contributed by atoms with Gasteiger partial charge in [-0.3, -0.25) is 15.0 Å². The normalized spacial score (nSPS) is 13.0. The molecule has 3 atom stereocenters. The lowest BCUT2D eigenvalue weighted by atomic mass is 9.95. The minimum Gasteiger partial charge on any atom is -0.508 e. The molecule has 0 saturated heterocycles. The predicted molar refractivity (Wildman–Crippen MR) is 167 cm³/mol. The predicted octanol–water partition coefficient (Wildman–Crippen LogP) is 1.42. The van der Waals surface area contributed by atoms with E-state index in [1.807, 2.05) is 44.2 Å². The number of aromatic hydroxyl groups is 1. The highest BCUT2D eigenvalue weighted by Gasteiger charge is 2.30. The van der Waals surface area contributed by atoms with Gasteiger partial charge in [0.25, 0.3) is 0 Å². The number of aromatic nitrogens is 4. The van der Waals surface area contributed by atoms with Crippen molar-refractivity contribution in [2.45, 2.75) is 64.1 Å². The minimum absolute atomic E-state index is 0.113. The van der Waals surface area contributed by atoms with Crippen LogP contribution >= 0.6 is 0 Å². The van der Waals surface area contributed by atoms with Gasteiger partial charge < -0.3 is 42.0 Å². The zero-order valence-corrected chi connectivity index (χ0v) is 25.3. The molecule has 14 heteroatoms. The van der Waals surface area contributed by atoms with Crippen molar-refractivity contribution in [2.24, 2.45) is 11.5 Å². The average Bonchev–Trinajstić information content (AvgIpc) is 3.69. The number of nitrogens with zero attached hydrogens (tertiary/aromatic N) is 3. The number of guanidine groups is 1. The minimum atomic E-state index is -1.02. The second-order valence-corrected chi connectivity index (χ2v) is 10.9. The Morgan fingerprint density at radius 1 is 1.09 bits per heavy atom. The number of phenolic OH excluding ortho intramolecular Hbond substituents is 1. The van der Waals surface area contributed by atoms with Crippen LogP contribution in [0.1, 0.15) is 58.5 Å². The van der Waals surface area contributed by atoms with Crippen LogP contribution < -0.4 is 27.4 Å². The summed E-state index contributed by atoms with van der Waals surface area (Å²) in [5.41, 5.74) is 15.5. The van der Waals surface area contributed by atoms with E-state index in [-0.39, 0.29) is 30.4 Å². The van der Waals surface area contributed by atoms with Gasteiger partial charge >= 0.3 is 0 Å². The van der Waals surface area contributed by atoms with Crippen LogP contribution in [0.25, 0.3) is 0 Å². The second kappa shape index (κ2) is 15.5. The van der Waals surface area contributed by atoms with Crippen molar-refractivity contribution < 1.29 is 19.2 Å². The summed E-state index contributed by atoms with van der Waals surface area (Å²) in [5, 5.41) is 29.9. The number of nitrogens with two attached hydrogens (primary N) is 2. The quantitative estimate of drug-likeness (QED) is 0.0543. The van der Waals surface area contributed by atoms with Crippen molar-refractivity contribution in [3.05, 3.63) is 94.7 Å². The topological polar surface area (TPSA) is 234 Å². The molecule has 3 unspecified atom stereocenters. The number of aromatic amines is 1. The number of nitrogens with one attached hydrogen (secondary N) is 5. The van der Waals surface area contributed by atoms with Crippen LogP contribution in [0.15, 0.2) is 59.5 Å². The molecule has 14 nitrogen and oxygen atoms in total. The zero-order chi connectivity index (χ0) is 32.3. The van der Waals surface area contributed by atoms with Crippen molar-refractivity contribution in [3.63, 3.8) is 0 Å². The maximum atomic E-state index is 14.0. The number of amides is 2. The van der Waals surface area contributed by atoms with E-state index in [1.165, 1.54) is 6.33 Å². The Hall–Kier alpha value is -5.24. The molecule has 0 aliphatic rings. The smallest absolute Gasteiger partial charge is 0.249 e. The van der Waals surface area contributed by atoms with Gasteiger partial charge in [-0.1, -0.05) is 35.5 Å². The molecule has 2 heterocycles. The third-order valence-corrected chi connectivity index (χ3v) is 7.34. The Morgan fingerprint density at radius 3 is 2.49 bits per heavy atom. The van der Waals surface area contributed by atoms with Gasteiger partial charge in [0.05, 0.1) is 18.1 Å². The molecule has 238 valence electrons. The molecule has 0 saturated carbocycles. The van der Waals surface area contributed by atoms with Gasteiger partial charge in [0, 0.05) is 32.0 Å². The van der Waals surface area contributed by atoms with Gasteiger partial charge in [0.15, 0.2) is 11.8 Å². The summed E-state index contributed by atoms with van der Waals surface area (Å²) in [6.07, 6.45) is 4.90. The van der Waals surface area contributed by atoms with Gasteiger partial charge in [-0.15, -0.1) is 0 Å². The van der Waals surface area contributed by atoms with Crippen molar-refractivity contribution in [2.75, 3.05) is 6.54 Å². The lowest BCUT2D eigenvalue weighted by Crippen LogP contribution is -2.53. The molecule has 0 spiro atoms. The van der Waals surface area contributed by atoms with Crippen LogP contribution in [0.3, 0.4) is 0 Å². The molecular formula is C31H40N10O4. The number of imidazole rings is 1. The highest BCUT2D eigenvalue weighted by molar-refractivity contribution is 5.90. The van der Waals surface area contributed by atoms with E-state index < -0.39 is 29.9 Å². The molecule has 0 radical (unpaired) electrons. The number of H-pyrrole nitrogens is 1. The zero-order valence-electron chi connectivity index (χ0n) is 25.3. The van der Waals surface area contributed by atoms with Crippen molar-refractivity contribution in [1.29, 1.82) is 5.41 Å². The summed E-state index contributed by atoms with van der Waals surface area (Å²) in [6.45, 7) is 4.05. The largest absolute Gasteiger partial charge is 0.508 e. The van der Waals surface area contributed by atoms with Crippen LogP contribution in [0.2, 0.25) is 0 Å². The number of phenols is 1. The van der Waals surface area contributed by atoms with Gasteiger partial charge in [0.1, 0.15) is 17.8 Å². The van der Waals surface area contributed by atoms with Gasteiger partial charge in [0.2, 0.25) is 17.7 Å². The maximum absolute atomic E-state index is 14.0. The Kier molecular flexibility index (Phi) is 11.2. The molecule has 0 bridgehead atoms. The summed E-state index contributed by atoms with van der Waals surface area (Å²) < 4.78 is 5.61. The number of carbonyl (C=O) groups is 2. The molecule has 4 rings (SSSR count). The molecule has 2 amide bonds. The van der Waals surface area contributed by atoms with Crippen LogP contribution in [-0.4, -0.2) is 61.6 Å².